The Labute approximate surface area is 78.8 Å². The highest BCUT2D eigenvalue weighted by Crippen LogP contribution is 2.02. The molecule has 2 heterocycles. The Morgan fingerprint density at radius 2 is 2.50 bits per heavy atom. The molecule has 0 saturated heterocycles. The highest BCUT2D eigenvalue weighted by Gasteiger charge is 2.10. The minimum absolute atomic E-state index is 0.300. The molecule has 0 saturated carbocycles. The standard InChI is InChI=1S/C7H8N6O/c14-11-6(7-9-12-13-10-7)3-5-1-2-8-4-5/h1-2,4,8,14H,3H2,(H,9,10,12,13)/b11-6-. The van der Waals surface area contributed by atoms with Crippen molar-refractivity contribution >= 4 is 5.71 Å². The number of hydrogen-bond donors (Lipinski definition) is 3. The van der Waals surface area contributed by atoms with Gasteiger partial charge in [-0.15, -0.1) is 10.2 Å². The zero-order chi connectivity index (χ0) is 9.80. The van der Waals surface area contributed by atoms with Gasteiger partial charge in [0.05, 0.1) is 0 Å². The van der Waals surface area contributed by atoms with E-state index in [0.29, 0.717) is 18.0 Å². The average Bonchev–Trinajstić information content (AvgIpc) is 2.86. The Hall–Kier alpha value is -2.18. The smallest absolute Gasteiger partial charge is 0.222 e. The largest absolute Gasteiger partial charge is 0.411 e. The van der Waals surface area contributed by atoms with Crippen molar-refractivity contribution in [2.24, 2.45) is 5.16 Å². The molecule has 7 nitrogen and oxygen atoms in total. The summed E-state index contributed by atoms with van der Waals surface area (Å²) >= 11 is 0. The number of nitrogens with one attached hydrogen (secondary N) is 2. The number of rotatable bonds is 3. The molecule has 0 aliphatic carbocycles. The van der Waals surface area contributed by atoms with Gasteiger partial charge in [0, 0.05) is 18.8 Å². The lowest BCUT2D eigenvalue weighted by Crippen LogP contribution is -2.07. The highest BCUT2D eigenvalue weighted by atomic mass is 16.4. The molecular weight excluding hydrogens is 184 g/mol. The first kappa shape index (κ1) is 8.42. The van der Waals surface area contributed by atoms with E-state index in [-0.39, 0.29) is 0 Å². The molecule has 0 aliphatic rings. The second-order valence-electron chi connectivity index (χ2n) is 2.68. The van der Waals surface area contributed by atoms with Crippen LogP contribution in [-0.4, -0.2) is 36.5 Å². The quantitative estimate of drug-likeness (QED) is 0.360. The number of hydrogen-bond acceptors (Lipinski definition) is 5. The highest BCUT2D eigenvalue weighted by molar-refractivity contribution is 5.98. The van der Waals surface area contributed by atoms with E-state index >= 15 is 0 Å². The van der Waals surface area contributed by atoms with Crippen LogP contribution in [0.25, 0.3) is 0 Å². The van der Waals surface area contributed by atoms with Crippen LogP contribution in [0.4, 0.5) is 0 Å². The molecule has 0 radical (unpaired) electrons. The fourth-order valence-corrected chi connectivity index (χ4v) is 1.10. The van der Waals surface area contributed by atoms with Crippen LogP contribution in [0.15, 0.2) is 23.6 Å². The Kier molecular flexibility index (Phi) is 2.22. The Morgan fingerprint density at radius 3 is 3.07 bits per heavy atom. The molecule has 0 fully saturated rings. The van der Waals surface area contributed by atoms with E-state index in [2.05, 4.69) is 30.8 Å². The van der Waals surface area contributed by atoms with Crippen LogP contribution in [0, 0.1) is 0 Å². The monoisotopic (exact) mass is 192 g/mol. The van der Waals surface area contributed by atoms with E-state index in [1.54, 1.807) is 6.20 Å². The zero-order valence-corrected chi connectivity index (χ0v) is 7.18. The van der Waals surface area contributed by atoms with E-state index in [1.807, 2.05) is 12.3 Å². The minimum Gasteiger partial charge on any atom is -0.411 e. The first-order valence-corrected chi connectivity index (χ1v) is 3.96. The molecule has 0 amide bonds. The van der Waals surface area contributed by atoms with Gasteiger partial charge >= 0.3 is 0 Å². The molecule has 0 spiro atoms. The van der Waals surface area contributed by atoms with Crippen LogP contribution < -0.4 is 0 Å². The average molecular weight is 192 g/mol. The fourth-order valence-electron chi connectivity index (χ4n) is 1.10. The summed E-state index contributed by atoms with van der Waals surface area (Å²) in [5.41, 5.74) is 1.36. The second-order valence-corrected chi connectivity index (χ2v) is 2.68. The van der Waals surface area contributed by atoms with Crippen molar-refractivity contribution in [1.82, 2.24) is 25.6 Å². The van der Waals surface area contributed by atoms with Crippen molar-refractivity contribution in [2.45, 2.75) is 6.42 Å². The van der Waals surface area contributed by atoms with E-state index in [4.69, 9.17) is 5.21 Å². The van der Waals surface area contributed by atoms with E-state index in [9.17, 15) is 0 Å². The summed E-state index contributed by atoms with van der Waals surface area (Å²) in [7, 11) is 0. The van der Waals surface area contributed by atoms with Crippen LogP contribution in [0.5, 0.6) is 0 Å². The summed E-state index contributed by atoms with van der Waals surface area (Å²) in [4.78, 5) is 2.90. The summed E-state index contributed by atoms with van der Waals surface area (Å²) < 4.78 is 0. The number of aromatic amines is 2. The molecule has 2 rings (SSSR count). The van der Waals surface area contributed by atoms with Gasteiger partial charge in [-0.05, 0) is 16.8 Å². The topological polar surface area (TPSA) is 103 Å². The van der Waals surface area contributed by atoms with Crippen molar-refractivity contribution < 1.29 is 5.21 Å². The summed E-state index contributed by atoms with van der Waals surface area (Å²) in [5, 5.41) is 25.0. The SMILES string of the molecule is O/N=C(/Cc1cc[nH]c1)c1nn[nH]n1. The van der Waals surface area contributed by atoms with Crippen molar-refractivity contribution in [1.29, 1.82) is 0 Å². The predicted octanol–water partition coefficient (Wildman–Crippen LogP) is -0.0512. The molecule has 2 aromatic rings. The number of tetrazole rings is 1. The van der Waals surface area contributed by atoms with Crippen molar-refractivity contribution in [3.8, 4) is 0 Å². The van der Waals surface area contributed by atoms with Gasteiger partial charge in [-0.1, -0.05) is 5.16 Å². The Morgan fingerprint density at radius 1 is 1.57 bits per heavy atom. The first-order chi connectivity index (χ1) is 6.90. The molecule has 2 aromatic heterocycles. The van der Waals surface area contributed by atoms with Crippen LogP contribution in [0.3, 0.4) is 0 Å². The second kappa shape index (κ2) is 3.69. The number of oxime groups is 1. The van der Waals surface area contributed by atoms with Crippen molar-refractivity contribution in [2.75, 3.05) is 0 Å². The van der Waals surface area contributed by atoms with Crippen LogP contribution in [-0.2, 0) is 6.42 Å². The minimum atomic E-state index is 0.300. The lowest BCUT2D eigenvalue weighted by Gasteiger charge is -1.95. The maximum Gasteiger partial charge on any atom is 0.222 e. The van der Waals surface area contributed by atoms with Crippen LogP contribution in [0.2, 0.25) is 0 Å². The van der Waals surface area contributed by atoms with Gasteiger partial charge in [0.1, 0.15) is 5.71 Å². The number of aromatic nitrogens is 5. The normalized spacial score (nSPS) is 11.9. The molecule has 0 bridgehead atoms. The summed E-state index contributed by atoms with van der Waals surface area (Å²) in [6.07, 6.45) is 4.06. The summed E-state index contributed by atoms with van der Waals surface area (Å²) in [6.45, 7) is 0. The fraction of sp³-hybridized carbons (Fsp3) is 0.143. The predicted molar refractivity (Wildman–Crippen MR) is 47.0 cm³/mol. The summed E-state index contributed by atoms with van der Waals surface area (Å²) in [6, 6.07) is 1.88. The third-order valence-corrected chi connectivity index (χ3v) is 1.76. The maximum absolute atomic E-state index is 8.75. The van der Waals surface area contributed by atoms with Gasteiger partial charge in [-0.3, -0.25) is 0 Å². The van der Waals surface area contributed by atoms with E-state index in [1.165, 1.54) is 0 Å². The lowest BCUT2D eigenvalue weighted by atomic mass is 10.1. The van der Waals surface area contributed by atoms with E-state index < -0.39 is 0 Å². The van der Waals surface area contributed by atoms with Gasteiger partial charge in [-0.25, -0.2) is 0 Å². The third-order valence-electron chi connectivity index (χ3n) is 1.76. The molecule has 0 atom stereocenters. The number of H-pyrrole nitrogens is 2. The molecule has 14 heavy (non-hydrogen) atoms. The van der Waals surface area contributed by atoms with Crippen molar-refractivity contribution in [3.63, 3.8) is 0 Å². The molecule has 7 heteroatoms. The van der Waals surface area contributed by atoms with Crippen molar-refractivity contribution in [3.05, 3.63) is 29.8 Å². The van der Waals surface area contributed by atoms with Gasteiger partial charge in [0.15, 0.2) is 0 Å². The molecule has 0 aromatic carbocycles. The lowest BCUT2D eigenvalue weighted by molar-refractivity contribution is 0.318. The van der Waals surface area contributed by atoms with Gasteiger partial charge in [-0.2, -0.15) is 5.21 Å². The molecule has 0 unspecified atom stereocenters. The zero-order valence-electron chi connectivity index (χ0n) is 7.18. The molecule has 0 aliphatic heterocycles. The molecular formula is C7H8N6O. The first-order valence-electron chi connectivity index (χ1n) is 3.96. The molecule has 72 valence electrons. The van der Waals surface area contributed by atoms with Gasteiger partial charge in [0.25, 0.3) is 0 Å². The maximum atomic E-state index is 8.75. The van der Waals surface area contributed by atoms with Crippen LogP contribution >= 0.6 is 0 Å². The van der Waals surface area contributed by atoms with Crippen LogP contribution in [0.1, 0.15) is 11.4 Å². The van der Waals surface area contributed by atoms with E-state index in [0.717, 1.165) is 5.56 Å². The molecule has 3 N–H and O–H groups in total. The van der Waals surface area contributed by atoms with Gasteiger partial charge in [0.2, 0.25) is 5.82 Å². The number of nitrogens with zero attached hydrogens (tertiary/aromatic N) is 4. The Bertz CT molecular complexity index is 403. The Balaban J connectivity index is 2.17. The summed E-state index contributed by atoms with van der Waals surface area (Å²) in [5.74, 6) is 0.300. The van der Waals surface area contributed by atoms with Gasteiger partial charge < -0.3 is 10.2 Å². The third kappa shape index (κ3) is 1.60.